The lowest BCUT2D eigenvalue weighted by Gasteiger charge is -2.23. The standard InChI is InChI=1S/C21H26FNO2S/c1-15-6-7-17(13-16(15)2)5-4-12-23(26(3,24)25)21-11-10-19(14-20(21)22)18-8-9-18/h6-7,10-11,13-14,18H,4-5,8-9,12H2,1-3H3. The third kappa shape index (κ3) is 4.44. The summed E-state index contributed by atoms with van der Waals surface area (Å²) in [5.41, 5.74) is 4.76. The van der Waals surface area contributed by atoms with Crippen LogP contribution < -0.4 is 4.31 Å². The molecule has 3 rings (SSSR count). The van der Waals surface area contributed by atoms with Crippen molar-refractivity contribution in [2.24, 2.45) is 0 Å². The summed E-state index contributed by atoms with van der Waals surface area (Å²) in [4.78, 5) is 0. The van der Waals surface area contributed by atoms with Crippen LogP contribution in [-0.4, -0.2) is 21.2 Å². The van der Waals surface area contributed by atoms with Gasteiger partial charge in [0.15, 0.2) is 0 Å². The van der Waals surface area contributed by atoms with Gasteiger partial charge in [0.1, 0.15) is 5.82 Å². The van der Waals surface area contributed by atoms with Crippen LogP contribution in [0.1, 0.15) is 47.4 Å². The minimum atomic E-state index is -3.53. The van der Waals surface area contributed by atoms with Gasteiger partial charge in [-0.3, -0.25) is 4.31 Å². The van der Waals surface area contributed by atoms with Crippen molar-refractivity contribution in [3.63, 3.8) is 0 Å². The average Bonchev–Trinajstić information content (AvgIpc) is 3.39. The Kier molecular flexibility index (Phi) is 5.37. The van der Waals surface area contributed by atoms with E-state index < -0.39 is 15.8 Å². The van der Waals surface area contributed by atoms with E-state index in [-0.39, 0.29) is 12.2 Å². The lowest BCUT2D eigenvalue weighted by Crippen LogP contribution is -2.32. The fraction of sp³-hybridized carbons (Fsp3) is 0.429. The zero-order valence-electron chi connectivity index (χ0n) is 15.6. The van der Waals surface area contributed by atoms with E-state index in [4.69, 9.17) is 0 Å². The smallest absolute Gasteiger partial charge is 0.232 e. The minimum Gasteiger partial charge on any atom is -0.267 e. The van der Waals surface area contributed by atoms with Gasteiger partial charge in [-0.15, -0.1) is 0 Å². The summed E-state index contributed by atoms with van der Waals surface area (Å²) in [5, 5.41) is 0. The second-order valence-corrected chi connectivity index (χ2v) is 9.25. The van der Waals surface area contributed by atoms with Crippen LogP contribution in [-0.2, 0) is 16.4 Å². The number of hydrogen-bond donors (Lipinski definition) is 0. The maximum Gasteiger partial charge on any atom is 0.232 e. The molecule has 0 saturated heterocycles. The highest BCUT2D eigenvalue weighted by molar-refractivity contribution is 7.92. The van der Waals surface area contributed by atoms with Crippen LogP contribution in [0.4, 0.5) is 10.1 Å². The molecular weight excluding hydrogens is 349 g/mol. The predicted molar refractivity (Wildman–Crippen MR) is 105 cm³/mol. The molecule has 1 aliphatic carbocycles. The number of sulfonamides is 1. The molecule has 2 aromatic carbocycles. The molecule has 0 aromatic heterocycles. The van der Waals surface area contributed by atoms with Gasteiger partial charge in [-0.2, -0.15) is 0 Å². The molecule has 0 amide bonds. The summed E-state index contributed by atoms with van der Waals surface area (Å²) in [6, 6.07) is 11.2. The maximum atomic E-state index is 14.6. The molecule has 0 bridgehead atoms. The SMILES string of the molecule is Cc1ccc(CCCN(c2ccc(C3CC3)cc2F)S(C)(=O)=O)cc1C. The summed E-state index contributed by atoms with van der Waals surface area (Å²) >= 11 is 0. The van der Waals surface area contributed by atoms with E-state index in [1.165, 1.54) is 27.1 Å². The summed E-state index contributed by atoms with van der Waals surface area (Å²) in [6.45, 7) is 4.41. The number of halogens is 1. The molecule has 1 fully saturated rings. The molecule has 0 heterocycles. The van der Waals surface area contributed by atoms with Crippen LogP contribution in [0.25, 0.3) is 0 Å². The molecule has 26 heavy (non-hydrogen) atoms. The van der Waals surface area contributed by atoms with Gasteiger partial charge in [-0.1, -0.05) is 24.3 Å². The number of benzene rings is 2. The van der Waals surface area contributed by atoms with Gasteiger partial charge in [0, 0.05) is 6.54 Å². The van der Waals surface area contributed by atoms with Gasteiger partial charge in [-0.25, -0.2) is 12.8 Å². The highest BCUT2D eigenvalue weighted by Crippen LogP contribution is 2.41. The number of anilines is 1. The average molecular weight is 376 g/mol. The molecular formula is C21H26FNO2S. The van der Waals surface area contributed by atoms with Gasteiger partial charge < -0.3 is 0 Å². The van der Waals surface area contributed by atoms with Crippen LogP contribution in [0.5, 0.6) is 0 Å². The zero-order chi connectivity index (χ0) is 18.9. The fourth-order valence-electron chi connectivity index (χ4n) is 3.25. The first-order chi connectivity index (χ1) is 12.3. The largest absolute Gasteiger partial charge is 0.267 e. The summed E-state index contributed by atoms with van der Waals surface area (Å²) in [5.74, 6) is -0.0129. The van der Waals surface area contributed by atoms with Crippen LogP contribution in [0, 0.1) is 19.7 Å². The Morgan fingerprint density at radius 3 is 2.38 bits per heavy atom. The van der Waals surface area contributed by atoms with Gasteiger partial charge in [0.05, 0.1) is 11.9 Å². The van der Waals surface area contributed by atoms with Gasteiger partial charge in [-0.05, 0) is 79.8 Å². The monoisotopic (exact) mass is 375 g/mol. The first kappa shape index (κ1) is 18.9. The second-order valence-electron chi connectivity index (χ2n) is 7.34. The highest BCUT2D eigenvalue weighted by Gasteiger charge is 2.26. The summed E-state index contributed by atoms with van der Waals surface area (Å²) < 4.78 is 40.2. The zero-order valence-corrected chi connectivity index (χ0v) is 16.4. The Morgan fingerprint density at radius 1 is 1.08 bits per heavy atom. The molecule has 0 N–H and O–H groups in total. The maximum absolute atomic E-state index is 14.6. The quantitative estimate of drug-likeness (QED) is 0.702. The number of rotatable bonds is 7. The van der Waals surface area contributed by atoms with Crippen molar-refractivity contribution >= 4 is 15.7 Å². The van der Waals surface area contributed by atoms with Crippen LogP contribution in [0.15, 0.2) is 36.4 Å². The molecule has 0 atom stereocenters. The molecule has 2 aromatic rings. The van der Waals surface area contributed by atoms with Crippen molar-refractivity contribution in [3.8, 4) is 0 Å². The lowest BCUT2D eigenvalue weighted by atomic mass is 10.0. The van der Waals surface area contributed by atoms with Crippen molar-refractivity contribution in [1.29, 1.82) is 0 Å². The van der Waals surface area contributed by atoms with Gasteiger partial charge in [0.2, 0.25) is 10.0 Å². The topological polar surface area (TPSA) is 37.4 Å². The number of hydrogen-bond acceptors (Lipinski definition) is 2. The Hall–Kier alpha value is -1.88. The first-order valence-corrected chi connectivity index (χ1v) is 10.9. The summed E-state index contributed by atoms with van der Waals surface area (Å²) in [7, 11) is -3.53. The fourth-order valence-corrected chi connectivity index (χ4v) is 4.21. The Morgan fingerprint density at radius 2 is 1.81 bits per heavy atom. The Labute approximate surface area is 155 Å². The van der Waals surface area contributed by atoms with Crippen molar-refractivity contribution < 1.29 is 12.8 Å². The number of aryl methyl sites for hydroxylation is 3. The normalized spacial score (nSPS) is 14.5. The highest BCUT2D eigenvalue weighted by atomic mass is 32.2. The third-order valence-corrected chi connectivity index (χ3v) is 6.27. The summed E-state index contributed by atoms with van der Waals surface area (Å²) in [6.07, 6.45) is 4.71. The third-order valence-electron chi connectivity index (χ3n) is 5.09. The van der Waals surface area contributed by atoms with E-state index in [1.807, 2.05) is 6.07 Å². The van der Waals surface area contributed by atoms with Gasteiger partial charge in [0.25, 0.3) is 0 Å². The molecule has 0 radical (unpaired) electrons. The van der Waals surface area contributed by atoms with E-state index in [0.29, 0.717) is 12.3 Å². The van der Waals surface area contributed by atoms with Crippen molar-refractivity contribution in [2.75, 3.05) is 17.1 Å². The molecule has 0 aliphatic heterocycles. The minimum absolute atomic E-state index is 0.150. The Balaban J connectivity index is 1.73. The van der Waals surface area contributed by atoms with E-state index >= 15 is 0 Å². The van der Waals surface area contributed by atoms with E-state index in [0.717, 1.165) is 31.1 Å². The van der Waals surface area contributed by atoms with Crippen molar-refractivity contribution in [1.82, 2.24) is 0 Å². The molecule has 140 valence electrons. The molecule has 1 saturated carbocycles. The second kappa shape index (κ2) is 7.39. The molecule has 0 spiro atoms. The van der Waals surface area contributed by atoms with E-state index in [9.17, 15) is 12.8 Å². The molecule has 5 heteroatoms. The predicted octanol–water partition coefficient (Wildman–Crippen LogP) is 4.72. The van der Waals surface area contributed by atoms with Crippen LogP contribution in [0.3, 0.4) is 0 Å². The van der Waals surface area contributed by atoms with Crippen LogP contribution in [0.2, 0.25) is 0 Å². The molecule has 1 aliphatic rings. The van der Waals surface area contributed by atoms with Crippen molar-refractivity contribution in [3.05, 3.63) is 64.5 Å². The molecule has 3 nitrogen and oxygen atoms in total. The van der Waals surface area contributed by atoms with Gasteiger partial charge >= 0.3 is 0 Å². The first-order valence-electron chi connectivity index (χ1n) is 9.09. The number of nitrogens with zero attached hydrogens (tertiary/aromatic N) is 1. The Bertz CT molecular complexity index is 904. The van der Waals surface area contributed by atoms with E-state index in [1.54, 1.807) is 6.07 Å². The lowest BCUT2D eigenvalue weighted by molar-refractivity contribution is 0.587. The van der Waals surface area contributed by atoms with Crippen LogP contribution >= 0.6 is 0 Å². The molecule has 0 unspecified atom stereocenters. The van der Waals surface area contributed by atoms with Crippen molar-refractivity contribution in [2.45, 2.75) is 45.4 Å². The van der Waals surface area contributed by atoms with E-state index in [2.05, 4.69) is 32.0 Å².